The van der Waals surface area contributed by atoms with E-state index in [9.17, 15) is 9.59 Å². The van der Waals surface area contributed by atoms with Crippen LogP contribution in [-0.4, -0.2) is 24.8 Å². The summed E-state index contributed by atoms with van der Waals surface area (Å²) in [4.78, 5) is 26.8. The van der Waals surface area contributed by atoms with Gasteiger partial charge in [-0.3, -0.25) is 9.59 Å². The number of hydrogen-bond donors (Lipinski definition) is 1. The first-order valence-corrected chi connectivity index (χ1v) is 9.44. The van der Waals surface area contributed by atoms with Gasteiger partial charge in [-0.15, -0.1) is 0 Å². The molecule has 0 bridgehead atoms. The first-order chi connectivity index (χ1) is 12.6. The number of rotatable bonds is 6. The van der Waals surface area contributed by atoms with E-state index in [1.54, 1.807) is 24.3 Å². The number of hydrogen-bond acceptors (Lipinski definition) is 3. The van der Waals surface area contributed by atoms with E-state index in [0.717, 1.165) is 24.5 Å². The standard InChI is InChI=1S/C21H23ClN2O2/c22-17-10-8-16(9-11-17)20(25)12-13-21(26)23-18-6-2-3-7-19(18)24-14-4-1-5-15-24/h2-3,6-11H,1,4-5,12-15H2,(H,23,26). The van der Waals surface area contributed by atoms with Gasteiger partial charge in [-0.25, -0.2) is 0 Å². The molecule has 0 aliphatic carbocycles. The molecule has 1 aliphatic rings. The fourth-order valence-corrected chi connectivity index (χ4v) is 3.34. The third-order valence-corrected chi connectivity index (χ3v) is 4.87. The smallest absolute Gasteiger partial charge is 0.224 e. The molecule has 1 heterocycles. The van der Waals surface area contributed by atoms with E-state index in [0.29, 0.717) is 10.6 Å². The van der Waals surface area contributed by atoms with Crippen molar-refractivity contribution in [1.82, 2.24) is 0 Å². The molecule has 1 aliphatic heterocycles. The molecular weight excluding hydrogens is 348 g/mol. The van der Waals surface area contributed by atoms with Crippen LogP contribution in [0.25, 0.3) is 0 Å². The summed E-state index contributed by atoms with van der Waals surface area (Å²) in [5.74, 6) is -0.196. The highest BCUT2D eigenvalue weighted by atomic mass is 35.5. The molecule has 3 rings (SSSR count). The molecule has 2 aromatic rings. The molecule has 0 saturated carbocycles. The highest BCUT2D eigenvalue weighted by molar-refractivity contribution is 6.30. The van der Waals surface area contributed by atoms with Crippen molar-refractivity contribution in [2.24, 2.45) is 0 Å². The molecule has 0 unspecified atom stereocenters. The Kier molecular flexibility index (Phi) is 6.29. The minimum absolute atomic E-state index is 0.0545. The summed E-state index contributed by atoms with van der Waals surface area (Å²) in [7, 11) is 0. The van der Waals surface area contributed by atoms with Gasteiger partial charge < -0.3 is 10.2 Å². The number of amides is 1. The number of halogens is 1. The van der Waals surface area contributed by atoms with Gasteiger partial charge in [0.15, 0.2) is 5.78 Å². The number of nitrogens with one attached hydrogen (secondary N) is 1. The topological polar surface area (TPSA) is 49.4 Å². The van der Waals surface area contributed by atoms with Gasteiger partial charge >= 0.3 is 0 Å². The van der Waals surface area contributed by atoms with E-state index in [1.807, 2.05) is 24.3 Å². The van der Waals surface area contributed by atoms with E-state index < -0.39 is 0 Å². The Balaban J connectivity index is 1.58. The van der Waals surface area contributed by atoms with E-state index >= 15 is 0 Å². The molecule has 1 fully saturated rings. The number of para-hydroxylation sites is 2. The summed E-state index contributed by atoms with van der Waals surface area (Å²) in [5.41, 5.74) is 2.46. The second-order valence-electron chi connectivity index (χ2n) is 6.54. The normalized spacial score (nSPS) is 14.1. The van der Waals surface area contributed by atoms with Crippen LogP contribution >= 0.6 is 11.6 Å². The lowest BCUT2D eigenvalue weighted by molar-refractivity contribution is -0.116. The summed E-state index contributed by atoms with van der Waals surface area (Å²) in [5, 5.41) is 3.56. The SMILES string of the molecule is O=C(CCC(=O)c1ccc(Cl)cc1)Nc1ccccc1N1CCCCC1. The zero-order chi connectivity index (χ0) is 18.4. The Morgan fingerprint density at radius 2 is 1.62 bits per heavy atom. The largest absolute Gasteiger partial charge is 0.370 e. The first-order valence-electron chi connectivity index (χ1n) is 9.06. The summed E-state index contributed by atoms with van der Waals surface area (Å²) in [6, 6.07) is 14.6. The minimum Gasteiger partial charge on any atom is -0.370 e. The average Bonchev–Trinajstić information content (AvgIpc) is 2.68. The van der Waals surface area contributed by atoms with Gasteiger partial charge in [0.05, 0.1) is 11.4 Å². The van der Waals surface area contributed by atoms with Crippen molar-refractivity contribution >= 4 is 34.7 Å². The number of benzene rings is 2. The van der Waals surface area contributed by atoms with Crippen LogP contribution in [0.3, 0.4) is 0 Å². The summed E-state index contributed by atoms with van der Waals surface area (Å²) >= 11 is 5.83. The zero-order valence-corrected chi connectivity index (χ0v) is 15.5. The van der Waals surface area contributed by atoms with E-state index in [1.165, 1.54) is 19.3 Å². The molecule has 0 aromatic heterocycles. The third kappa shape index (κ3) is 4.85. The van der Waals surface area contributed by atoms with Crippen LogP contribution in [0.4, 0.5) is 11.4 Å². The molecule has 0 radical (unpaired) electrons. The molecular formula is C21H23ClN2O2. The Morgan fingerprint density at radius 3 is 2.35 bits per heavy atom. The van der Waals surface area contributed by atoms with Crippen LogP contribution in [0.15, 0.2) is 48.5 Å². The molecule has 1 amide bonds. The average molecular weight is 371 g/mol. The lowest BCUT2D eigenvalue weighted by atomic mass is 10.1. The van der Waals surface area contributed by atoms with Gasteiger partial charge in [0.2, 0.25) is 5.91 Å². The van der Waals surface area contributed by atoms with Crippen LogP contribution in [0, 0.1) is 0 Å². The molecule has 26 heavy (non-hydrogen) atoms. The second-order valence-corrected chi connectivity index (χ2v) is 6.98. The fraction of sp³-hybridized carbons (Fsp3) is 0.333. The van der Waals surface area contributed by atoms with Crippen molar-refractivity contribution in [1.29, 1.82) is 0 Å². The summed E-state index contributed by atoms with van der Waals surface area (Å²) < 4.78 is 0. The quantitative estimate of drug-likeness (QED) is 0.733. The van der Waals surface area contributed by atoms with Crippen LogP contribution in [-0.2, 0) is 4.79 Å². The molecule has 0 atom stereocenters. The fourth-order valence-electron chi connectivity index (χ4n) is 3.21. The number of piperidine rings is 1. The predicted molar refractivity (Wildman–Crippen MR) is 106 cm³/mol. The number of carbonyl (C=O) groups excluding carboxylic acids is 2. The van der Waals surface area contributed by atoms with Crippen molar-refractivity contribution in [3.05, 3.63) is 59.1 Å². The summed E-state index contributed by atoms with van der Waals surface area (Å²) in [6.45, 7) is 2.03. The molecule has 136 valence electrons. The maximum atomic E-state index is 12.3. The molecule has 2 aromatic carbocycles. The minimum atomic E-state index is -0.142. The highest BCUT2D eigenvalue weighted by Crippen LogP contribution is 2.28. The molecule has 0 spiro atoms. The van der Waals surface area contributed by atoms with E-state index in [-0.39, 0.29) is 24.5 Å². The van der Waals surface area contributed by atoms with Crippen LogP contribution < -0.4 is 10.2 Å². The highest BCUT2D eigenvalue weighted by Gasteiger charge is 2.16. The van der Waals surface area contributed by atoms with Gasteiger partial charge in [0.1, 0.15) is 0 Å². The Hall–Kier alpha value is -2.33. The molecule has 5 heteroatoms. The van der Waals surface area contributed by atoms with Crippen molar-refractivity contribution in [2.75, 3.05) is 23.3 Å². The van der Waals surface area contributed by atoms with Crippen LogP contribution in [0.1, 0.15) is 42.5 Å². The Labute approximate surface area is 159 Å². The third-order valence-electron chi connectivity index (χ3n) is 4.62. The van der Waals surface area contributed by atoms with E-state index in [2.05, 4.69) is 10.2 Å². The molecule has 4 nitrogen and oxygen atoms in total. The first kappa shape index (κ1) is 18.5. The molecule has 1 N–H and O–H groups in total. The van der Waals surface area contributed by atoms with Crippen molar-refractivity contribution < 1.29 is 9.59 Å². The molecule has 1 saturated heterocycles. The van der Waals surface area contributed by atoms with Crippen molar-refractivity contribution in [3.63, 3.8) is 0 Å². The number of anilines is 2. The van der Waals surface area contributed by atoms with Crippen molar-refractivity contribution in [3.8, 4) is 0 Å². The van der Waals surface area contributed by atoms with Crippen LogP contribution in [0.2, 0.25) is 5.02 Å². The Bertz CT molecular complexity index is 768. The number of ketones is 1. The van der Waals surface area contributed by atoms with Gasteiger partial charge in [0, 0.05) is 36.5 Å². The van der Waals surface area contributed by atoms with Gasteiger partial charge in [-0.1, -0.05) is 23.7 Å². The Morgan fingerprint density at radius 1 is 0.923 bits per heavy atom. The van der Waals surface area contributed by atoms with Crippen LogP contribution in [0.5, 0.6) is 0 Å². The van der Waals surface area contributed by atoms with Gasteiger partial charge in [-0.05, 0) is 55.7 Å². The van der Waals surface area contributed by atoms with Gasteiger partial charge in [0.25, 0.3) is 0 Å². The number of carbonyl (C=O) groups is 2. The lowest BCUT2D eigenvalue weighted by Crippen LogP contribution is -2.30. The monoisotopic (exact) mass is 370 g/mol. The summed E-state index contributed by atoms with van der Waals surface area (Å²) in [6.07, 6.45) is 3.96. The maximum Gasteiger partial charge on any atom is 0.224 e. The maximum absolute atomic E-state index is 12.3. The number of nitrogens with zero attached hydrogens (tertiary/aromatic N) is 1. The van der Waals surface area contributed by atoms with Crippen molar-refractivity contribution in [2.45, 2.75) is 32.1 Å². The zero-order valence-electron chi connectivity index (χ0n) is 14.7. The van der Waals surface area contributed by atoms with Gasteiger partial charge in [-0.2, -0.15) is 0 Å². The predicted octanol–water partition coefficient (Wildman–Crippen LogP) is 4.93. The van der Waals surface area contributed by atoms with E-state index in [4.69, 9.17) is 11.6 Å². The second kappa shape index (κ2) is 8.86. The lowest BCUT2D eigenvalue weighted by Gasteiger charge is -2.30. The number of Topliss-reactive ketones (excluding diaryl/α,β-unsaturated/α-hetero) is 1.